The minimum absolute atomic E-state index is 0.141. The molecule has 2 aromatic carbocycles. The van der Waals surface area contributed by atoms with Crippen molar-refractivity contribution in [3.8, 4) is 11.3 Å². The van der Waals surface area contributed by atoms with Crippen molar-refractivity contribution in [1.29, 1.82) is 0 Å². The van der Waals surface area contributed by atoms with Crippen molar-refractivity contribution < 1.29 is 9.32 Å². The largest absolute Gasteiger partial charge is 0.356 e. The van der Waals surface area contributed by atoms with Gasteiger partial charge in [0.2, 0.25) is 5.91 Å². The molecule has 0 radical (unpaired) electrons. The van der Waals surface area contributed by atoms with Crippen molar-refractivity contribution in [2.45, 2.75) is 13.3 Å². The van der Waals surface area contributed by atoms with Gasteiger partial charge in [0.25, 0.3) is 0 Å². The molecular weight excluding hydrogens is 312 g/mol. The van der Waals surface area contributed by atoms with Crippen LogP contribution in [-0.2, 0) is 11.2 Å². The molecular formula is C18H15ClN2O2. The molecule has 0 fully saturated rings. The summed E-state index contributed by atoms with van der Waals surface area (Å²) in [5.41, 5.74) is 3.06. The summed E-state index contributed by atoms with van der Waals surface area (Å²) < 4.78 is 5.29. The third kappa shape index (κ3) is 3.60. The Morgan fingerprint density at radius 1 is 1.17 bits per heavy atom. The van der Waals surface area contributed by atoms with Crippen LogP contribution in [0, 0.1) is 6.92 Å². The minimum atomic E-state index is -0.164. The van der Waals surface area contributed by atoms with Crippen LogP contribution < -0.4 is 5.32 Å². The predicted molar refractivity (Wildman–Crippen MR) is 90.5 cm³/mol. The van der Waals surface area contributed by atoms with Gasteiger partial charge >= 0.3 is 0 Å². The molecule has 0 aliphatic rings. The summed E-state index contributed by atoms with van der Waals surface area (Å²) in [4.78, 5) is 12.2. The zero-order valence-electron chi connectivity index (χ0n) is 12.5. The van der Waals surface area contributed by atoms with Gasteiger partial charge in [0, 0.05) is 22.3 Å². The molecule has 116 valence electrons. The lowest BCUT2D eigenvalue weighted by molar-refractivity contribution is -0.115. The van der Waals surface area contributed by atoms with Crippen LogP contribution in [0.3, 0.4) is 0 Å². The molecule has 0 saturated carbocycles. The Hall–Kier alpha value is -2.59. The maximum Gasteiger partial charge on any atom is 0.230 e. The first-order valence-corrected chi connectivity index (χ1v) is 7.57. The molecule has 1 N–H and O–H groups in total. The van der Waals surface area contributed by atoms with Crippen molar-refractivity contribution in [2.24, 2.45) is 0 Å². The highest BCUT2D eigenvalue weighted by Gasteiger charge is 2.12. The Bertz CT molecular complexity index is 828. The SMILES string of the molecule is Cc1c(Cl)cccc1NC(=O)Cc1cc(-c2ccccc2)on1. The number of hydrogen-bond donors (Lipinski definition) is 1. The molecule has 1 amide bonds. The van der Waals surface area contributed by atoms with E-state index in [0.717, 1.165) is 11.1 Å². The lowest BCUT2D eigenvalue weighted by atomic mass is 10.1. The second kappa shape index (κ2) is 6.67. The topological polar surface area (TPSA) is 55.1 Å². The van der Waals surface area contributed by atoms with E-state index in [2.05, 4.69) is 10.5 Å². The van der Waals surface area contributed by atoms with Gasteiger partial charge in [-0.2, -0.15) is 0 Å². The van der Waals surface area contributed by atoms with Crippen molar-refractivity contribution in [2.75, 3.05) is 5.32 Å². The molecule has 1 aromatic heterocycles. The fourth-order valence-electron chi connectivity index (χ4n) is 2.24. The summed E-state index contributed by atoms with van der Waals surface area (Å²) in [7, 11) is 0. The van der Waals surface area contributed by atoms with Crippen LogP contribution in [0.5, 0.6) is 0 Å². The average Bonchev–Trinajstić information content (AvgIpc) is 3.01. The van der Waals surface area contributed by atoms with Crippen molar-refractivity contribution >= 4 is 23.2 Å². The number of nitrogens with zero attached hydrogens (tertiary/aromatic N) is 1. The summed E-state index contributed by atoms with van der Waals surface area (Å²) >= 11 is 6.05. The van der Waals surface area contributed by atoms with Crippen LogP contribution in [0.1, 0.15) is 11.3 Å². The zero-order chi connectivity index (χ0) is 16.2. The Kier molecular flexibility index (Phi) is 4.44. The molecule has 0 bridgehead atoms. The second-order valence-electron chi connectivity index (χ2n) is 5.19. The maximum absolute atomic E-state index is 12.2. The van der Waals surface area contributed by atoms with Crippen LogP contribution in [0.15, 0.2) is 59.1 Å². The molecule has 0 aliphatic heterocycles. The molecule has 3 aromatic rings. The quantitative estimate of drug-likeness (QED) is 0.768. The van der Waals surface area contributed by atoms with Gasteiger partial charge in [-0.1, -0.05) is 53.2 Å². The third-order valence-electron chi connectivity index (χ3n) is 3.50. The number of benzene rings is 2. The van der Waals surface area contributed by atoms with Crippen molar-refractivity contribution in [1.82, 2.24) is 5.16 Å². The standard InChI is InChI=1S/C18H15ClN2O2/c1-12-15(19)8-5-9-16(12)20-18(22)11-14-10-17(23-21-14)13-6-3-2-4-7-13/h2-10H,11H2,1H3,(H,20,22). The lowest BCUT2D eigenvalue weighted by Gasteiger charge is -2.08. The third-order valence-corrected chi connectivity index (χ3v) is 3.91. The molecule has 0 unspecified atom stereocenters. The molecule has 0 spiro atoms. The van der Waals surface area contributed by atoms with E-state index in [1.54, 1.807) is 18.2 Å². The van der Waals surface area contributed by atoms with Crippen LogP contribution in [-0.4, -0.2) is 11.1 Å². The average molecular weight is 327 g/mol. The molecule has 1 heterocycles. The molecule has 4 nitrogen and oxygen atoms in total. The van der Waals surface area contributed by atoms with E-state index in [1.807, 2.05) is 43.3 Å². The normalized spacial score (nSPS) is 10.5. The molecule has 5 heteroatoms. The number of halogens is 1. The fraction of sp³-hybridized carbons (Fsp3) is 0.111. The highest BCUT2D eigenvalue weighted by atomic mass is 35.5. The van der Waals surface area contributed by atoms with E-state index in [1.165, 1.54) is 0 Å². The van der Waals surface area contributed by atoms with E-state index in [-0.39, 0.29) is 12.3 Å². The molecule has 0 atom stereocenters. The smallest absolute Gasteiger partial charge is 0.230 e. The van der Waals surface area contributed by atoms with E-state index < -0.39 is 0 Å². The monoisotopic (exact) mass is 326 g/mol. The van der Waals surface area contributed by atoms with E-state index >= 15 is 0 Å². The molecule has 0 saturated heterocycles. The van der Waals surface area contributed by atoms with Gasteiger partial charge in [-0.25, -0.2) is 0 Å². The Morgan fingerprint density at radius 2 is 1.96 bits per heavy atom. The van der Waals surface area contributed by atoms with Crippen LogP contribution in [0.25, 0.3) is 11.3 Å². The lowest BCUT2D eigenvalue weighted by Crippen LogP contribution is -2.15. The first-order chi connectivity index (χ1) is 11.1. The highest BCUT2D eigenvalue weighted by Crippen LogP contribution is 2.23. The Morgan fingerprint density at radius 3 is 2.74 bits per heavy atom. The van der Waals surface area contributed by atoms with E-state index in [9.17, 15) is 4.79 Å². The van der Waals surface area contributed by atoms with Crippen LogP contribution in [0.2, 0.25) is 5.02 Å². The van der Waals surface area contributed by atoms with Crippen LogP contribution in [0.4, 0.5) is 5.69 Å². The fourth-order valence-corrected chi connectivity index (χ4v) is 2.41. The molecule has 23 heavy (non-hydrogen) atoms. The Balaban J connectivity index is 1.69. The highest BCUT2D eigenvalue weighted by molar-refractivity contribution is 6.31. The van der Waals surface area contributed by atoms with Crippen LogP contribution >= 0.6 is 11.6 Å². The first-order valence-electron chi connectivity index (χ1n) is 7.19. The number of nitrogens with one attached hydrogen (secondary N) is 1. The molecule has 0 aliphatic carbocycles. The van der Waals surface area contributed by atoms with Gasteiger partial charge in [0.05, 0.1) is 12.1 Å². The summed E-state index contributed by atoms with van der Waals surface area (Å²) in [6, 6.07) is 16.8. The van der Waals surface area contributed by atoms with Gasteiger partial charge in [0.15, 0.2) is 5.76 Å². The summed E-state index contributed by atoms with van der Waals surface area (Å²) in [6.45, 7) is 1.86. The number of carbonyl (C=O) groups excluding carboxylic acids is 1. The number of carbonyl (C=O) groups is 1. The molecule has 3 rings (SSSR count). The van der Waals surface area contributed by atoms with Gasteiger partial charge in [0.1, 0.15) is 0 Å². The van der Waals surface area contributed by atoms with Gasteiger partial charge in [-0.15, -0.1) is 0 Å². The predicted octanol–water partition coefficient (Wildman–Crippen LogP) is 4.48. The minimum Gasteiger partial charge on any atom is -0.356 e. The summed E-state index contributed by atoms with van der Waals surface area (Å²) in [5, 5.41) is 7.42. The Labute approximate surface area is 139 Å². The van der Waals surface area contributed by atoms with Gasteiger partial charge < -0.3 is 9.84 Å². The first kappa shape index (κ1) is 15.3. The van der Waals surface area contributed by atoms with E-state index in [4.69, 9.17) is 16.1 Å². The number of aromatic nitrogens is 1. The number of rotatable bonds is 4. The number of hydrogen-bond acceptors (Lipinski definition) is 3. The summed E-state index contributed by atoms with van der Waals surface area (Å²) in [5.74, 6) is 0.482. The zero-order valence-corrected chi connectivity index (χ0v) is 13.3. The number of anilines is 1. The maximum atomic E-state index is 12.2. The van der Waals surface area contributed by atoms with Crippen molar-refractivity contribution in [3.05, 3.63) is 70.9 Å². The number of amides is 1. The van der Waals surface area contributed by atoms with Crippen molar-refractivity contribution in [3.63, 3.8) is 0 Å². The van der Waals surface area contributed by atoms with E-state index in [0.29, 0.717) is 22.2 Å². The second-order valence-corrected chi connectivity index (χ2v) is 5.59. The summed E-state index contributed by atoms with van der Waals surface area (Å²) in [6.07, 6.45) is 0.141. The van der Waals surface area contributed by atoms with Gasteiger partial charge in [-0.3, -0.25) is 4.79 Å². The van der Waals surface area contributed by atoms with Gasteiger partial charge in [-0.05, 0) is 24.6 Å².